The number of alkyl halides is 2. The molecule has 168 valence electrons. The van der Waals surface area contributed by atoms with Crippen molar-refractivity contribution in [2.24, 2.45) is 10.9 Å². The topological polar surface area (TPSA) is 108 Å². The van der Waals surface area contributed by atoms with Crippen molar-refractivity contribution in [2.45, 2.75) is 25.9 Å². The van der Waals surface area contributed by atoms with Gasteiger partial charge in [0.05, 0.1) is 6.20 Å². The van der Waals surface area contributed by atoms with E-state index < -0.39 is 12.2 Å². The number of benzene rings is 1. The van der Waals surface area contributed by atoms with E-state index in [9.17, 15) is 13.6 Å². The van der Waals surface area contributed by atoms with Crippen LogP contribution in [-0.2, 0) is 0 Å². The van der Waals surface area contributed by atoms with Gasteiger partial charge in [-0.05, 0) is 55.7 Å². The summed E-state index contributed by atoms with van der Waals surface area (Å²) in [6.07, 6.45) is 6.38. The number of rotatable bonds is 7. The van der Waals surface area contributed by atoms with Gasteiger partial charge in [-0.25, -0.2) is 10.1 Å². The van der Waals surface area contributed by atoms with Crippen LogP contribution >= 0.6 is 0 Å². The van der Waals surface area contributed by atoms with Gasteiger partial charge < -0.3 is 19.9 Å². The fraction of sp³-hybridized carbons (Fsp3) is 0.381. The van der Waals surface area contributed by atoms with Gasteiger partial charge in [-0.3, -0.25) is 4.79 Å². The van der Waals surface area contributed by atoms with Crippen molar-refractivity contribution in [3.05, 3.63) is 40.8 Å². The lowest BCUT2D eigenvalue weighted by atomic mass is 9.94. The Kier molecular flexibility index (Phi) is 6.52. The highest BCUT2D eigenvalue weighted by molar-refractivity contribution is 5.90. The third-order valence-corrected chi connectivity index (χ3v) is 5.37. The Morgan fingerprint density at radius 1 is 1.28 bits per heavy atom. The van der Waals surface area contributed by atoms with Gasteiger partial charge >= 0.3 is 6.61 Å². The van der Waals surface area contributed by atoms with Crippen molar-refractivity contribution in [1.29, 1.82) is 0 Å². The second-order valence-corrected chi connectivity index (χ2v) is 7.47. The van der Waals surface area contributed by atoms with Crippen LogP contribution in [0.1, 0.15) is 19.3 Å². The van der Waals surface area contributed by atoms with Crippen LogP contribution in [0, 0.1) is 5.92 Å². The summed E-state index contributed by atoms with van der Waals surface area (Å²) in [5.74, 6) is 1.44. The minimum atomic E-state index is -2.90. The first-order chi connectivity index (χ1) is 15.5. The second-order valence-electron chi connectivity index (χ2n) is 7.47. The van der Waals surface area contributed by atoms with Crippen molar-refractivity contribution in [1.82, 2.24) is 20.2 Å². The fourth-order valence-electron chi connectivity index (χ4n) is 3.70. The lowest BCUT2D eigenvalue weighted by Crippen LogP contribution is -2.35. The average Bonchev–Trinajstić information content (AvgIpc) is 2.79. The van der Waals surface area contributed by atoms with Crippen LogP contribution in [0.5, 0.6) is 5.75 Å². The van der Waals surface area contributed by atoms with Crippen LogP contribution < -0.4 is 20.5 Å². The SMILES string of the molecule is C/N=C\CC1CCN(c2nc(Nc3ccc(OC(F)F)cc3)c3c(=O)[nH]ncc3n2)CC1. The predicted octanol–water partition coefficient (Wildman–Crippen LogP) is 3.37. The number of H-pyrrole nitrogens is 1. The van der Waals surface area contributed by atoms with Crippen LogP contribution in [0.3, 0.4) is 0 Å². The highest BCUT2D eigenvalue weighted by Gasteiger charge is 2.22. The molecule has 4 rings (SSSR count). The lowest BCUT2D eigenvalue weighted by Gasteiger charge is -2.31. The van der Waals surface area contributed by atoms with Gasteiger partial charge in [0.15, 0.2) is 0 Å². The van der Waals surface area contributed by atoms with E-state index in [1.165, 1.54) is 18.3 Å². The van der Waals surface area contributed by atoms with Crippen molar-refractivity contribution >= 4 is 34.6 Å². The Balaban J connectivity index is 1.61. The molecule has 3 heterocycles. The van der Waals surface area contributed by atoms with E-state index in [1.54, 1.807) is 19.2 Å². The molecule has 0 amide bonds. The molecule has 32 heavy (non-hydrogen) atoms. The van der Waals surface area contributed by atoms with Gasteiger partial charge in [0, 0.05) is 25.8 Å². The van der Waals surface area contributed by atoms with E-state index in [1.807, 2.05) is 6.21 Å². The number of aromatic amines is 1. The zero-order valence-electron chi connectivity index (χ0n) is 17.5. The number of nitrogens with zero attached hydrogens (tertiary/aromatic N) is 5. The zero-order valence-corrected chi connectivity index (χ0v) is 17.5. The molecule has 2 N–H and O–H groups in total. The van der Waals surface area contributed by atoms with Crippen LogP contribution in [-0.4, -0.2) is 53.1 Å². The summed E-state index contributed by atoms with van der Waals surface area (Å²) >= 11 is 0. The molecule has 0 spiro atoms. The summed E-state index contributed by atoms with van der Waals surface area (Å²) in [7, 11) is 1.78. The molecule has 1 aromatic carbocycles. The highest BCUT2D eigenvalue weighted by atomic mass is 19.3. The van der Waals surface area contributed by atoms with Gasteiger partial charge in [-0.1, -0.05) is 0 Å². The molecule has 3 aromatic rings. The molecule has 0 saturated carbocycles. The lowest BCUT2D eigenvalue weighted by molar-refractivity contribution is -0.0498. The molecule has 1 fully saturated rings. The van der Waals surface area contributed by atoms with Crippen molar-refractivity contribution in [2.75, 3.05) is 30.4 Å². The molecule has 0 aliphatic carbocycles. The van der Waals surface area contributed by atoms with E-state index in [2.05, 4.69) is 40.1 Å². The Hall–Kier alpha value is -3.63. The molecule has 0 radical (unpaired) electrons. The maximum absolute atomic E-state index is 12.4. The number of halogens is 2. The number of aromatic nitrogens is 4. The second kappa shape index (κ2) is 9.67. The molecule has 2 aromatic heterocycles. The number of ether oxygens (including phenoxy) is 1. The van der Waals surface area contributed by atoms with Gasteiger partial charge in [0.25, 0.3) is 5.56 Å². The highest BCUT2D eigenvalue weighted by Crippen LogP contribution is 2.28. The number of aliphatic imine (C=N–C) groups is 1. The number of fused-ring (bicyclic) bond motifs is 1. The van der Waals surface area contributed by atoms with Gasteiger partial charge in [0.1, 0.15) is 22.5 Å². The minimum absolute atomic E-state index is 0.0387. The monoisotopic (exact) mass is 443 g/mol. The number of piperidine rings is 1. The van der Waals surface area contributed by atoms with E-state index in [-0.39, 0.29) is 11.1 Å². The number of anilines is 3. The molecule has 0 bridgehead atoms. The summed E-state index contributed by atoms with van der Waals surface area (Å²) in [6.45, 7) is -1.31. The maximum Gasteiger partial charge on any atom is 0.387 e. The van der Waals surface area contributed by atoms with Crippen molar-refractivity contribution in [3.8, 4) is 5.75 Å². The molecule has 1 aliphatic heterocycles. The Morgan fingerprint density at radius 3 is 2.72 bits per heavy atom. The normalized spacial score (nSPS) is 15.1. The van der Waals surface area contributed by atoms with Crippen molar-refractivity contribution in [3.63, 3.8) is 0 Å². The third kappa shape index (κ3) is 4.98. The molecular formula is C21H23F2N7O2. The van der Waals surface area contributed by atoms with Crippen LogP contribution in [0.2, 0.25) is 0 Å². The Morgan fingerprint density at radius 2 is 2.03 bits per heavy atom. The van der Waals surface area contributed by atoms with E-state index in [4.69, 9.17) is 0 Å². The Labute approximate surface area is 182 Å². The first-order valence-corrected chi connectivity index (χ1v) is 10.3. The fourth-order valence-corrected chi connectivity index (χ4v) is 3.70. The van der Waals surface area contributed by atoms with Crippen molar-refractivity contribution < 1.29 is 13.5 Å². The summed E-state index contributed by atoms with van der Waals surface area (Å²) in [5, 5.41) is 9.62. The van der Waals surface area contributed by atoms with E-state index in [0.29, 0.717) is 28.9 Å². The molecule has 1 aliphatic rings. The minimum Gasteiger partial charge on any atom is -0.435 e. The third-order valence-electron chi connectivity index (χ3n) is 5.37. The molecule has 0 atom stereocenters. The quantitative estimate of drug-likeness (QED) is 0.539. The van der Waals surface area contributed by atoms with Gasteiger partial charge in [-0.2, -0.15) is 18.9 Å². The van der Waals surface area contributed by atoms with Gasteiger partial charge in [0.2, 0.25) is 5.95 Å². The molecule has 11 heteroatoms. The summed E-state index contributed by atoms with van der Waals surface area (Å²) < 4.78 is 29.1. The first-order valence-electron chi connectivity index (χ1n) is 10.3. The van der Waals surface area contributed by atoms with E-state index >= 15 is 0 Å². The summed E-state index contributed by atoms with van der Waals surface area (Å²) in [6, 6.07) is 5.97. The maximum atomic E-state index is 12.4. The molecule has 9 nitrogen and oxygen atoms in total. The smallest absolute Gasteiger partial charge is 0.387 e. The number of hydrogen-bond acceptors (Lipinski definition) is 8. The number of hydrogen-bond donors (Lipinski definition) is 2. The average molecular weight is 443 g/mol. The molecule has 0 unspecified atom stereocenters. The molecule has 1 saturated heterocycles. The molecular weight excluding hydrogens is 420 g/mol. The standard InChI is InChI=1S/C21H23F2N7O2/c1-24-9-6-13-7-10-30(11-8-13)21-27-16-12-25-29-19(31)17(16)18(28-21)26-14-2-4-15(5-3-14)32-20(22)23/h2-5,9,12-13,20H,6-8,10-11H2,1H3,(H,29,31)(H,26,27,28)/b24-9-. The van der Waals surface area contributed by atoms with Crippen LogP contribution in [0.15, 0.2) is 40.2 Å². The summed E-state index contributed by atoms with van der Waals surface area (Å²) in [4.78, 5) is 27.8. The van der Waals surface area contributed by atoms with Gasteiger partial charge in [-0.15, -0.1) is 0 Å². The number of nitrogens with one attached hydrogen (secondary N) is 2. The largest absolute Gasteiger partial charge is 0.435 e. The van der Waals surface area contributed by atoms with E-state index in [0.717, 1.165) is 32.4 Å². The zero-order chi connectivity index (χ0) is 22.5. The van der Waals surface area contributed by atoms with Crippen LogP contribution in [0.25, 0.3) is 10.9 Å². The first kappa shape index (κ1) is 21.6. The van der Waals surface area contributed by atoms with Crippen LogP contribution in [0.4, 0.5) is 26.2 Å². The summed E-state index contributed by atoms with van der Waals surface area (Å²) in [5.41, 5.74) is 0.553. The Bertz CT molecular complexity index is 1140. The predicted molar refractivity (Wildman–Crippen MR) is 118 cm³/mol.